The van der Waals surface area contributed by atoms with Gasteiger partial charge in [0.15, 0.2) is 0 Å². The van der Waals surface area contributed by atoms with Gasteiger partial charge in [-0.25, -0.2) is 0 Å². The molecule has 1 aromatic carbocycles. The molecule has 0 spiro atoms. The van der Waals surface area contributed by atoms with Gasteiger partial charge < -0.3 is 15.5 Å². The fraction of sp³-hybridized carbons (Fsp3) is 0.526. The first kappa shape index (κ1) is 21.6. The van der Waals surface area contributed by atoms with Gasteiger partial charge in [0.05, 0.1) is 0 Å². The molecule has 0 aliphatic carbocycles. The van der Waals surface area contributed by atoms with Crippen molar-refractivity contribution in [2.45, 2.75) is 58.7 Å². The van der Waals surface area contributed by atoms with Crippen molar-refractivity contribution < 1.29 is 24.6 Å². The van der Waals surface area contributed by atoms with E-state index < -0.39 is 24.0 Å². The average molecular weight is 364 g/mol. The summed E-state index contributed by atoms with van der Waals surface area (Å²) in [6.07, 6.45) is 0.469. The van der Waals surface area contributed by atoms with Crippen molar-refractivity contribution in [3.05, 3.63) is 35.4 Å². The van der Waals surface area contributed by atoms with Crippen molar-refractivity contribution in [2.24, 2.45) is 5.92 Å². The van der Waals surface area contributed by atoms with E-state index in [2.05, 4.69) is 10.6 Å². The van der Waals surface area contributed by atoms with E-state index in [1.54, 1.807) is 24.3 Å². The van der Waals surface area contributed by atoms with Crippen LogP contribution in [0.15, 0.2) is 24.3 Å². The van der Waals surface area contributed by atoms with Crippen LogP contribution in [0, 0.1) is 5.92 Å². The molecule has 0 aliphatic rings. The molecule has 7 nitrogen and oxygen atoms in total. The number of rotatable bonds is 10. The summed E-state index contributed by atoms with van der Waals surface area (Å²) in [5.41, 5.74) is 1.20. The summed E-state index contributed by atoms with van der Waals surface area (Å²) in [4.78, 5) is 34.8. The Morgan fingerprint density at radius 2 is 1.46 bits per heavy atom. The number of hydrogen-bond acceptors (Lipinski definition) is 4. The molecule has 0 saturated heterocycles. The fourth-order valence-corrected chi connectivity index (χ4v) is 2.55. The summed E-state index contributed by atoms with van der Waals surface area (Å²) < 4.78 is 0. The lowest BCUT2D eigenvalue weighted by Gasteiger charge is -2.22. The number of nitrogens with one attached hydrogen (secondary N) is 2. The van der Waals surface area contributed by atoms with Crippen LogP contribution in [-0.2, 0) is 16.0 Å². The van der Waals surface area contributed by atoms with Gasteiger partial charge in [0, 0.05) is 11.6 Å². The lowest BCUT2D eigenvalue weighted by molar-refractivity contribution is -0.142. The molecule has 7 heteroatoms. The fourth-order valence-electron chi connectivity index (χ4n) is 2.55. The van der Waals surface area contributed by atoms with Gasteiger partial charge in [-0.15, -0.1) is 0 Å². The lowest BCUT2D eigenvalue weighted by Crippen LogP contribution is -2.48. The molecule has 1 rings (SSSR count). The van der Waals surface area contributed by atoms with E-state index >= 15 is 0 Å². The predicted molar refractivity (Wildman–Crippen MR) is 98.2 cm³/mol. The van der Waals surface area contributed by atoms with Crippen LogP contribution in [0.5, 0.6) is 0 Å². The van der Waals surface area contributed by atoms with Crippen LogP contribution < -0.4 is 10.6 Å². The Labute approximate surface area is 153 Å². The van der Waals surface area contributed by atoms with Crippen LogP contribution in [0.3, 0.4) is 0 Å². The molecule has 26 heavy (non-hydrogen) atoms. The van der Waals surface area contributed by atoms with Gasteiger partial charge in [-0.3, -0.25) is 19.7 Å². The zero-order valence-corrected chi connectivity index (χ0v) is 15.7. The van der Waals surface area contributed by atoms with E-state index in [-0.39, 0.29) is 24.3 Å². The Bertz CT molecular complexity index is 625. The van der Waals surface area contributed by atoms with E-state index in [1.165, 1.54) is 0 Å². The largest absolute Gasteiger partial charge is 0.480 e. The summed E-state index contributed by atoms with van der Waals surface area (Å²) in [6.45, 7) is 7.50. The highest BCUT2D eigenvalue weighted by atomic mass is 16.4. The highest BCUT2D eigenvalue weighted by Crippen LogP contribution is 2.11. The quantitative estimate of drug-likeness (QED) is 0.504. The number of benzene rings is 1. The molecule has 2 atom stereocenters. The van der Waals surface area contributed by atoms with E-state index in [4.69, 9.17) is 0 Å². The Morgan fingerprint density at radius 3 is 1.88 bits per heavy atom. The van der Waals surface area contributed by atoms with Gasteiger partial charge >= 0.3 is 11.9 Å². The van der Waals surface area contributed by atoms with E-state index in [0.717, 1.165) is 0 Å². The third kappa shape index (κ3) is 7.23. The third-order valence-electron chi connectivity index (χ3n) is 3.78. The van der Waals surface area contributed by atoms with Crippen molar-refractivity contribution in [1.29, 1.82) is 0 Å². The normalized spacial score (nSPS) is 13.5. The molecule has 0 radical (unpaired) electrons. The van der Waals surface area contributed by atoms with Crippen molar-refractivity contribution in [2.75, 3.05) is 0 Å². The molecular formula is C19H28N2O5. The third-order valence-corrected chi connectivity index (χ3v) is 3.78. The first-order valence-electron chi connectivity index (χ1n) is 8.71. The molecule has 0 saturated carbocycles. The highest BCUT2D eigenvalue weighted by Gasteiger charge is 2.26. The molecule has 0 bridgehead atoms. The lowest BCUT2D eigenvalue weighted by atomic mass is 10.00. The summed E-state index contributed by atoms with van der Waals surface area (Å²) in [5, 5.41) is 24.2. The Balaban J connectivity index is 2.82. The van der Waals surface area contributed by atoms with Crippen LogP contribution in [0.2, 0.25) is 0 Å². The van der Waals surface area contributed by atoms with Crippen molar-refractivity contribution in [3.8, 4) is 0 Å². The first-order chi connectivity index (χ1) is 12.1. The molecule has 144 valence electrons. The van der Waals surface area contributed by atoms with Crippen molar-refractivity contribution >= 4 is 17.8 Å². The van der Waals surface area contributed by atoms with Crippen LogP contribution in [0.4, 0.5) is 0 Å². The number of carbonyl (C=O) groups is 3. The van der Waals surface area contributed by atoms with Gasteiger partial charge in [-0.1, -0.05) is 26.0 Å². The maximum atomic E-state index is 11.9. The minimum atomic E-state index is -1.11. The van der Waals surface area contributed by atoms with Crippen LogP contribution in [0.25, 0.3) is 0 Å². The van der Waals surface area contributed by atoms with E-state index in [9.17, 15) is 24.6 Å². The molecule has 0 fully saturated rings. The van der Waals surface area contributed by atoms with Gasteiger partial charge in [0.1, 0.15) is 12.1 Å². The molecule has 1 aromatic rings. The molecule has 0 aliphatic heterocycles. The second-order valence-corrected chi connectivity index (χ2v) is 7.11. The maximum Gasteiger partial charge on any atom is 0.321 e. The van der Waals surface area contributed by atoms with Crippen LogP contribution >= 0.6 is 0 Å². The predicted octanol–water partition coefficient (Wildman–Crippen LogP) is 1.91. The van der Waals surface area contributed by atoms with Gasteiger partial charge in [0.25, 0.3) is 5.91 Å². The second kappa shape index (κ2) is 9.91. The monoisotopic (exact) mass is 364 g/mol. The molecular weight excluding hydrogens is 336 g/mol. The zero-order valence-electron chi connectivity index (χ0n) is 15.7. The Kier molecular flexibility index (Phi) is 8.25. The topological polar surface area (TPSA) is 116 Å². The van der Waals surface area contributed by atoms with Crippen molar-refractivity contribution in [3.63, 3.8) is 0 Å². The van der Waals surface area contributed by atoms with Crippen LogP contribution in [-0.4, -0.2) is 46.2 Å². The minimum Gasteiger partial charge on any atom is -0.480 e. The molecule has 4 N–H and O–H groups in total. The summed E-state index contributed by atoms with van der Waals surface area (Å²) in [6, 6.07) is 4.72. The number of aliphatic carboxylic acids is 2. The maximum absolute atomic E-state index is 11.9. The number of carboxylic acid groups (broad SMARTS) is 2. The standard InChI is InChI=1S/C19H28N2O5/c1-11(2)9-15(18(23)24)21-16(19(25)26)10-13-5-7-14(8-6-13)17(22)20-12(3)4/h5-8,11-12,15-16,21H,9-10H2,1-4H3,(H,20,22)(H,23,24)(H,25,26)/t15-,16-/m0/s1. The van der Waals surface area contributed by atoms with Crippen molar-refractivity contribution in [1.82, 2.24) is 10.6 Å². The molecule has 0 heterocycles. The van der Waals surface area contributed by atoms with Crippen LogP contribution in [0.1, 0.15) is 50.0 Å². The Morgan fingerprint density at radius 1 is 0.923 bits per heavy atom. The number of amides is 1. The van der Waals surface area contributed by atoms with Gasteiger partial charge in [0.2, 0.25) is 0 Å². The summed E-state index contributed by atoms with van der Waals surface area (Å²) in [7, 11) is 0. The summed E-state index contributed by atoms with van der Waals surface area (Å²) >= 11 is 0. The molecule has 0 aromatic heterocycles. The van der Waals surface area contributed by atoms with Gasteiger partial charge in [-0.05, 0) is 50.3 Å². The molecule has 1 amide bonds. The number of carbonyl (C=O) groups excluding carboxylic acids is 1. The Hall–Kier alpha value is -2.41. The SMILES string of the molecule is CC(C)C[C@H](N[C@@H](Cc1ccc(C(=O)NC(C)C)cc1)C(=O)O)C(=O)O. The van der Waals surface area contributed by atoms with Gasteiger partial charge in [-0.2, -0.15) is 0 Å². The number of hydrogen-bond donors (Lipinski definition) is 4. The minimum absolute atomic E-state index is 0.0247. The smallest absolute Gasteiger partial charge is 0.321 e. The average Bonchev–Trinajstić information content (AvgIpc) is 2.52. The highest BCUT2D eigenvalue weighted by molar-refractivity contribution is 5.94. The molecule has 0 unspecified atom stereocenters. The van der Waals surface area contributed by atoms with E-state index in [0.29, 0.717) is 17.5 Å². The second-order valence-electron chi connectivity index (χ2n) is 7.11. The van der Waals surface area contributed by atoms with E-state index in [1.807, 2.05) is 27.7 Å². The first-order valence-corrected chi connectivity index (χ1v) is 8.71. The summed E-state index contributed by atoms with van der Waals surface area (Å²) in [5.74, 6) is -2.24. The zero-order chi connectivity index (χ0) is 19.9. The number of carboxylic acids is 2.